The van der Waals surface area contributed by atoms with Gasteiger partial charge in [0.25, 0.3) is 0 Å². The number of benzene rings is 2. The Labute approximate surface area is 221 Å². The molecule has 3 heterocycles. The minimum atomic E-state index is -0.230. The summed E-state index contributed by atoms with van der Waals surface area (Å²) in [6, 6.07) is 15.4. The summed E-state index contributed by atoms with van der Waals surface area (Å²) in [4.78, 5) is 19.6. The average molecular weight is 517 g/mol. The third kappa shape index (κ3) is 5.09. The zero-order chi connectivity index (χ0) is 26.8. The van der Waals surface area contributed by atoms with Gasteiger partial charge in [-0.05, 0) is 55.8 Å². The van der Waals surface area contributed by atoms with Gasteiger partial charge in [0.1, 0.15) is 17.4 Å². The summed E-state index contributed by atoms with van der Waals surface area (Å²) < 4.78 is 24.3. The summed E-state index contributed by atoms with van der Waals surface area (Å²) in [5.74, 6) is 2.69. The van der Waals surface area contributed by atoms with Crippen molar-refractivity contribution < 1.29 is 23.7 Å². The van der Waals surface area contributed by atoms with Gasteiger partial charge in [-0.25, -0.2) is 9.50 Å². The van der Waals surface area contributed by atoms with Crippen LogP contribution >= 0.6 is 0 Å². The van der Waals surface area contributed by atoms with E-state index in [9.17, 15) is 4.79 Å². The summed E-state index contributed by atoms with van der Waals surface area (Å²) in [6.45, 7) is 5.11. The van der Waals surface area contributed by atoms with Crippen LogP contribution in [0.4, 0.5) is 0 Å². The normalized spacial score (nSPS) is 16.1. The molecule has 38 heavy (non-hydrogen) atoms. The van der Waals surface area contributed by atoms with Crippen LogP contribution in [0.3, 0.4) is 0 Å². The number of rotatable bonds is 9. The second kappa shape index (κ2) is 10.6. The number of likely N-dealkylation sites (tertiary alicyclic amines) is 1. The molecule has 9 heteroatoms. The lowest BCUT2D eigenvalue weighted by Crippen LogP contribution is -2.29. The molecule has 198 valence electrons. The average Bonchev–Trinajstić information content (AvgIpc) is 3.50. The number of methoxy groups -OCH3 is 3. The summed E-state index contributed by atoms with van der Waals surface area (Å²) in [5.41, 5.74) is 4.23. The van der Waals surface area contributed by atoms with E-state index in [2.05, 4.69) is 5.10 Å². The highest BCUT2D eigenvalue weighted by molar-refractivity contribution is 5.78. The predicted molar refractivity (Wildman–Crippen MR) is 143 cm³/mol. The molecule has 1 aliphatic heterocycles. The number of hydrogen-bond donors (Lipinski definition) is 0. The Balaban J connectivity index is 1.37. The van der Waals surface area contributed by atoms with E-state index in [-0.39, 0.29) is 17.9 Å². The molecule has 1 amide bonds. The number of aromatic nitrogens is 3. The molecule has 1 fully saturated rings. The fourth-order valence-electron chi connectivity index (χ4n) is 4.80. The van der Waals surface area contributed by atoms with Crippen LogP contribution in [0.5, 0.6) is 23.1 Å². The summed E-state index contributed by atoms with van der Waals surface area (Å²) >= 11 is 0. The number of ether oxygens (including phenoxy) is 4. The van der Waals surface area contributed by atoms with Crippen molar-refractivity contribution in [3.05, 3.63) is 66.0 Å². The second-order valence-corrected chi connectivity index (χ2v) is 9.53. The molecule has 0 N–H and O–H groups in total. The summed E-state index contributed by atoms with van der Waals surface area (Å²) in [7, 11) is 4.85. The standard InChI is InChI=1S/C29H32N4O5/c1-18-12-25-29(30-24(17-33(25)31-18)21-8-11-26(36-4)27(13-21)37-5)38-19(2)22-14-28(34)32(16-22)15-20-6-9-23(35-3)10-7-20/h6-13,17,19,22H,14-16H2,1-5H3. The number of aryl methyl sites for hydroxylation is 1. The topological polar surface area (TPSA) is 87.4 Å². The van der Waals surface area contributed by atoms with Gasteiger partial charge in [-0.1, -0.05) is 12.1 Å². The van der Waals surface area contributed by atoms with Gasteiger partial charge in [-0.15, -0.1) is 0 Å². The number of carbonyl (C=O) groups excluding carboxylic acids is 1. The molecule has 1 aliphatic rings. The molecule has 2 aromatic heterocycles. The van der Waals surface area contributed by atoms with Crippen LogP contribution in [0.25, 0.3) is 16.8 Å². The smallest absolute Gasteiger partial charge is 0.240 e. The van der Waals surface area contributed by atoms with Crippen molar-refractivity contribution in [1.82, 2.24) is 19.5 Å². The quantitative estimate of drug-likeness (QED) is 0.323. The van der Waals surface area contributed by atoms with E-state index < -0.39 is 0 Å². The van der Waals surface area contributed by atoms with Crippen molar-refractivity contribution in [1.29, 1.82) is 0 Å². The molecule has 9 nitrogen and oxygen atoms in total. The zero-order valence-corrected chi connectivity index (χ0v) is 22.3. The third-order valence-corrected chi connectivity index (χ3v) is 6.96. The molecule has 5 rings (SSSR count). The number of amides is 1. The lowest BCUT2D eigenvalue weighted by Gasteiger charge is -2.22. The van der Waals surface area contributed by atoms with Crippen molar-refractivity contribution in [3.63, 3.8) is 0 Å². The maximum Gasteiger partial charge on any atom is 0.240 e. The predicted octanol–water partition coefficient (Wildman–Crippen LogP) is 4.55. The van der Waals surface area contributed by atoms with Crippen LogP contribution in [-0.4, -0.2) is 59.4 Å². The molecular formula is C29H32N4O5. The van der Waals surface area contributed by atoms with Gasteiger partial charge in [0.15, 0.2) is 11.5 Å². The highest BCUT2D eigenvalue weighted by Crippen LogP contribution is 2.34. The van der Waals surface area contributed by atoms with Gasteiger partial charge in [0, 0.05) is 31.0 Å². The Bertz CT molecular complexity index is 1450. The lowest BCUT2D eigenvalue weighted by molar-refractivity contribution is -0.128. The summed E-state index contributed by atoms with van der Waals surface area (Å²) in [6.07, 6.45) is 2.07. The van der Waals surface area contributed by atoms with Crippen molar-refractivity contribution >= 4 is 11.4 Å². The van der Waals surface area contributed by atoms with Crippen LogP contribution in [-0.2, 0) is 11.3 Å². The van der Waals surface area contributed by atoms with Crippen LogP contribution < -0.4 is 18.9 Å². The first kappa shape index (κ1) is 25.4. The van der Waals surface area contributed by atoms with Crippen molar-refractivity contribution in [2.45, 2.75) is 32.9 Å². The van der Waals surface area contributed by atoms with E-state index in [0.29, 0.717) is 42.6 Å². The first-order valence-electron chi connectivity index (χ1n) is 12.5. The Morgan fingerprint density at radius 2 is 1.76 bits per heavy atom. The number of hydrogen-bond acceptors (Lipinski definition) is 7. The van der Waals surface area contributed by atoms with Gasteiger partial charge in [-0.2, -0.15) is 5.10 Å². The lowest BCUT2D eigenvalue weighted by atomic mass is 10.0. The maximum atomic E-state index is 12.8. The molecule has 4 aromatic rings. The molecule has 0 bridgehead atoms. The van der Waals surface area contributed by atoms with E-state index in [1.165, 1.54) is 0 Å². The van der Waals surface area contributed by atoms with E-state index >= 15 is 0 Å². The van der Waals surface area contributed by atoms with E-state index in [1.807, 2.05) is 73.5 Å². The molecule has 0 aliphatic carbocycles. The monoisotopic (exact) mass is 516 g/mol. The van der Waals surface area contributed by atoms with Crippen LogP contribution in [0.2, 0.25) is 0 Å². The molecule has 2 atom stereocenters. The molecule has 0 saturated carbocycles. The van der Waals surface area contributed by atoms with Crippen LogP contribution in [0, 0.1) is 12.8 Å². The van der Waals surface area contributed by atoms with Gasteiger partial charge in [0.05, 0.1) is 38.9 Å². The van der Waals surface area contributed by atoms with E-state index in [1.54, 1.807) is 25.8 Å². The molecule has 0 spiro atoms. The number of fused-ring (bicyclic) bond motifs is 1. The van der Waals surface area contributed by atoms with Gasteiger partial charge in [0.2, 0.25) is 11.8 Å². The van der Waals surface area contributed by atoms with Gasteiger partial charge in [-0.3, -0.25) is 4.79 Å². The second-order valence-electron chi connectivity index (χ2n) is 9.53. The fraction of sp³-hybridized carbons (Fsp3) is 0.345. The minimum Gasteiger partial charge on any atom is -0.497 e. The molecule has 1 saturated heterocycles. The first-order valence-corrected chi connectivity index (χ1v) is 12.5. The Morgan fingerprint density at radius 3 is 2.47 bits per heavy atom. The Kier molecular flexibility index (Phi) is 7.09. The third-order valence-electron chi connectivity index (χ3n) is 6.96. The van der Waals surface area contributed by atoms with Crippen LogP contribution in [0.1, 0.15) is 24.6 Å². The Hall–Kier alpha value is -4.27. The molecule has 2 unspecified atom stereocenters. The van der Waals surface area contributed by atoms with Gasteiger partial charge >= 0.3 is 0 Å². The molecule has 2 aromatic carbocycles. The minimum absolute atomic E-state index is 0.0383. The largest absolute Gasteiger partial charge is 0.497 e. The summed E-state index contributed by atoms with van der Waals surface area (Å²) in [5, 5.41) is 4.59. The molecular weight excluding hydrogens is 484 g/mol. The van der Waals surface area contributed by atoms with E-state index in [4.69, 9.17) is 23.9 Å². The van der Waals surface area contributed by atoms with Crippen molar-refractivity contribution in [3.8, 4) is 34.4 Å². The van der Waals surface area contributed by atoms with Crippen molar-refractivity contribution in [2.75, 3.05) is 27.9 Å². The highest BCUT2D eigenvalue weighted by Gasteiger charge is 2.34. The van der Waals surface area contributed by atoms with Crippen molar-refractivity contribution in [2.24, 2.45) is 5.92 Å². The van der Waals surface area contributed by atoms with E-state index in [0.717, 1.165) is 28.1 Å². The number of carbonyl (C=O) groups is 1. The van der Waals surface area contributed by atoms with Gasteiger partial charge < -0.3 is 23.8 Å². The SMILES string of the molecule is COc1ccc(CN2CC(C(C)Oc3nc(-c4ccc(OC)c(OC)c4)cn4nc(C)cc34)CC2=O)cc1. The number of nitrogens with zero attached hydrogens (tertiary/aromatic N) is 4. The maximum absolute atomic E-state index is 12.8. The van der Waals surface area contributed by atoms with Crippen LogP contribution in [0.15, 0.2) is 54.7 Å². The first-order chi connectivity index (χ1) is 18.4. The Morgan fingerprint density at radius 1 is 1.00 bits per heavy atom. The highest BCUT2D eigenvalue weighted by atomic mass is 16.5. The zero-order valence-electron chi connectivity index (χ0n) is 22.3. The molecule has 0 radical (unpaired) electrons. The fourth-order valence-corrected chi connectivity index (χ4v) is 4.80.